The maximum atomic E-state index is 11.9. The number of ether oxygens (including phenoxy) is 1. The van der Waals surface area contributed by atoms with Crippen molar-refractivity contribution in [1.82, 2.24) is 9.97 Å². The van der Waals surface area contributed by atoms with E-state index in [0.717, 1.165) is 21.1 Å². The summed E-state index contributed by atoms with van der Waals surface area (Å²) in [6, 6.07) is 16.6. The molecule has 34 heavy (non-hydrogen) atoms. The number of aromatic amines is 1. The molecule has 0 aliphatic carbocycles. The molecule has 12 heteroatoms. The Bertz CT molecular complexity index is 1390. The molecule has 2 heterocycles. The summed E-state index contributed by atoms with van der Waals surface area (Å²) in [5.74, 6) is 0.555. The Morgan fingerprint density at radius 1 is 1.06 bits per heavy atom. The minimum Gasteiger partial charge on any atom is -0.493 e. The van der Waals surface area contributed by atoms with Crippen molar-refractivity contribution < 1.29 is 33.4 Å². The smallest absolute Gasteiger partial charge is 0.335 e. The van der Waals surface area contributed by atoms with E-state index in [1.54, 1.807) is 29.5 Å². The molecule has 1 atom stereocenters. The minimum absolute atomic E-state index is 0.0651. The Kier molecular flexibility index (Phi) is 7.12. The van der Waals surface area contributed by atoms with Crippen molar-refractivity contribution in [3.05, 3.63) is 70.9 Å². The van der Waals surface area contributed by atoms with Crippen molar-refractivity contribution in [3.8, 4) is 16.3 Å². The van der Waals surface area contributed by atoms with E-state index < -0.39 is 27.0 Å². The number of nitrogens with one attached hydrogen (secondary N) is 1. The van der Waals surface area contributed by atoms with Gasteiger partial charge in [-0.2, -0.15) is 0 Å². The van der Waals surface area contributed by atoms with E-state index in [4.69, 9.17) is 9.72 Å². The Labute approximate surface area is 199 Å². The Morgan fingerprint density at radius 2 is 1.79 bits per heavy atom. The summed E-state index contributed by atoms with van der Waals surface area (Å²) in [5, 5.41) is 1.61. The molecule has 5 N–H and O–H groups in total. The number of hydrogen-bond donors (Lipinski definition) is 5. The van der Waals surface area contributed by atoms with Gasteiger partial charge in [0.25, 0.3) is 0 Å². The molecular formula is C22H24N2O7P2S. The third kappa shape index (κ3) is 6.03. The predicted octanol–water partition coefficient (Wildman–Crippen LogP) is 4.62. The van der Waals surface area contributed by atoms with Crippen LogP contribution in [0.3, 0.4) is 0 Å². The molecule has 0 fully saturated rings. The Morgan fingerprint density at radius 3 is 2.47 bits per heavy atom. The lowest BCUT2D eigenvalue weighted by Crippen LogP contribution is -2.06. The second kappa shape index (κ2) is 9.76. The number of H-pyrrole nitrogens is 1. The van der Waals surface area contributed by atoms with Crippen LogP contribution in [-0.2, 0) is 15.6 Å². The molecule has 0 saturated carbocycles. The third-order valence-corrected chi connectivity index (χ3v) is 8.78. The molecule has 0 aliphatic rings. The average Bonchev–Trinajstić information content (AvgIpc) is 3.34. The SMILES string of the molecule is Cc1sc(-c2ccccc2)nc1CCOc1ccc2cc(C(CP(=O)(O)O)P(=O)(O)O)[nH]c2c1. The fraction of sp³-hybridized carbons (Fsp3) is 0.227. The minimum atomic E-state index is -4.80. The highest BCUT2D eigenvalue weighted by Gasteiger charge is 2.37. The van der Waals surface area contributed by atoms with E-state index in [-0.39, 0.29) is 5.69 Å². The summed E-state index contributed by atoms with van der Waals surface area (Å²) < 4.78 is 29.1. The summed E-state index contributed by atoms with van der Waals surface area (Å²) in [4.78, 5) is 46.4. The van der Waals surface area contributed by atoms with Crippen molar-refractivity contribution in [2.45, 2.75) is 19.0 Å². The third-order valence-electron chi connectivity index (χ3n) is 5.31. The quantitative estimate of drug-likeness (QED) is 0.200. The van der Waals surface area contributed by atoms with Gasteiger partial charge in [-0.3, -0.25) is 9.13 Å². The lowest BCUT2D eigenvalue weighted by molar-refractivity contribution is 0.321. The lowest BCUT2D eigenvalue weighted by atomic mass is 10.2. The van der Waals surface area contributed by atoms with Crippen molar-refractivity contribution in [2.75, 3.05) is 12.8 Å². The number of hydrogen-bond acceptors (Lipinski definition) is 5. The van der Waals surface area contributed by atoms with E-state index in [2.05, 4.69) is 4.98 Å². The van der Waals surface area contributed by atoms with Crippen LogP contribution in [0.2, 0.25) is 0 Å². The van der Waals surface area contributed by atoms with Crippen molar-refractivity contribution in [1.29, 1.82) is 0 Å². The molecule has 2 aromatic heterocycles. The number of benzene rings is 2. The zero-order chi connectivity index (χ0) is 24.5. The summed E-state index contributed by atoms with van der Waals surface area (Å²) in [5.41, 5.74) is 1.02. The fourth-order valence-electron chi connectivity index (χ4n) is 3.64. The summed E-state index contributed by atoms with van der Waals surface area (Å²) >= 11 is 1.64. The van der Waals surface area contributed by atoms with Crippen LogP contribution in [0.15, 0.2) is 54.6 Å². The van der Waals surface area contributed by atoms with Gasteiger partial charge in [-0.05, 0) is 30.5 Å². The molecule has 0 spiro atoms. The number of rotatable bonds is 9. The molecule has 0 amide bonds. The molecule has 0 saturated heterocycles. The number of thiazole rings is 1. The first kappa shape index (κ1) is 24.8. The summed E-state index contributed by atoms with van der Waals surface area (Å²) in [7, 11) is -9.44. The largest absolute Gasteiger partial charge is 0.493 e. The summed E-state index contributed by atoms with van der Waals surface area (Å²) in [6.07, 6.45) is -0.336. The average molecular weight is 522 g/mol. The van der Waals surface area contributed by atoms with Crippen LogP contribution in [0.4, 0.5) is 0 Å². The standard InChI is InChI=1S/C22H24N2O7P2S/c1-14-18(24-22(34-14)15-5-3-2-4-6-15)9-10-31-17-8-7-16-11-20(23-19(16)12-17)21(33(28,29)30)13-32(25,26)27/h2-8,11-12,21,23H,9-10,13H2,1H3,(H2,25,26,27)(H2,28,29,30). The number of nitrogens with zero attached hydrogens (tertiary/aromatic N) is 1. The highest BCUT2D eigenvalue weighted by atomic mass is 32.1. The van der Waals surface area contributed by atoms with Crippen LogP contribution in [-0.4, -0.2) is 42.3 Å². The predicted molar refractivity (Wildman–Crippen MR) is 131 cm³/mol. The number of aromatic nitrogens is 2. The van der Waals surface area contributed by atoms with E-state index in [0.29, 0.717) is 29.7 Å². The highest BCUT2D eigenvalue weighted by Crippen LogP contribution is 2.57. The molecule has 1 unspecified atom stereocenters. The van der Waals surface area contributed by atoms with Crippen molar-refractivity contribution >= 4 is 37.4 Å². The van der Waals surface area contributed by atoms with Gasteiger partial charge in [0.05, 0.1) is 18.5 Å². The van der Waals surface area contributed by atoms with Crippen molar-refractivity contribution in [2.24, 2.45) is 0 Å². The van der Waals surface area contributed by atoms with Crippen LogP contribution >= 0.6 is 26.5 Å². The van der Waals surface area contributed by atoms with Gasteiger partial charge in [0.1, 0.15) is 16.4 Å². The molecule has 0 aliphatic heterocycles. The monoisotopic (exact) mass is 522 g/mol. The molecule has 0 radical (unpaired) electrons. The van der Waals surface area contributed by atoms with Crippen LogP contribution in [0.5, 0.6) is 5.75 Å². The van der Waals surface area contributed by atoms with Gasteiger partial charge in [0, 0.05) is 34.1 Å². The molecule has 4 rings (SSSR count). The highest BCUT2D eigenvalue weighted by molar-refractivity contribution is 7.56. The molecular weight excluding hydrogens is 498 g/mol. The van der Waals surface area contributed by atoms with Gasteiger partial charge in [-0.15, -0.1) is 11.3 Å². The van der Waals surface area contributed by atoms with Crippen LogP contribution in [0.25, 0.3) is 21.5 Å². The van der Waals surface area contributed by atoms with Crippen LogP contribution in [0, 0.1) is 6.92 Å². The maximum absolute atomic E-state index is 11.9. The lowest BCUT2D eigenvalue weighted by Gasteiger charge is -2.17. The van der Waals surface area contributed by atoms with Gasteiger partial charge >= 0.3 is 15.2 Å². The zero-order valence-corrected chi connectivity index (χ0v) is 20.8. The zero-order valence-electron chi connectivity index (χ0n) is 18.2. The van der Waals surface area contributed by atoms with Crippen LogP contribution in [0.1, 0.15) is 21.9 Å². The Balaban J connectivity index is 1.46. The topological polar surface area (TPSA) is 153 Å². The molecule has 180 valence electrons. The molecule has 2 aromatic carbocycles. The maximum Gasteiger partial charge on any atom is 0.335 e. The van der Waals surface area contributed by atoms with Gasteiger partial charge in [0.2, 0.25) is 0 Å². The first-order valence-electron chi connectivity index (χ1n) is 10.4. The van der Waals surface area contributed by atoms with Gasteiger partial charge < -0.3 is 29.3 Å². The number of fused-ring (bicyclic) bond motifs is 1. The van der Waals surface area contributed by atoms with Gasteiger partial charge in [-0.1, -0.05) is 30.3 Å². The Hall–Kier alpha value is -2.29. The van der Waals surface area contributed by atoms with Crippen molar-refractivity contribution in [3.63, 3.8) is 0 Å². The van der Waals surface area contributed by atoms with E-state index in [9.17, 15) is 28.7 Å². The van der Waals surface area contributed by atoms with E-state index in [1.807, 2.05) is 37.3 Å². The number of aryl methyl sites for hydroxylation is 1. The molecule has 9 nitrogen and oxygen atoms in total. The second-order valence-electron chi connectivity index (χ2n) is 7.91. The normalized spacial score (nSPS) is 13.3. The molecule has 0 bridgehead atoms. The van der Waals surface area contributed by atoms with Gasteiger partial charge in [0.15, 0.2) is 0 Å². The van der Waals surface area contributed by atoms with E-state index in [1.165, 1.54) is 6.07 Å². The van der Waals surface area contributed by atoms with E-state index >= 15 is 0 Å². The van der Waals surface area contributed by atoms with Gasteiger partial charge in [-0.25, -0.2) is 4.98 Å². The summed E-state index contributed by atoms with van der Waals surface area (Å²) in [6.45, 7) is 2.42. The first-order valence-corrected chi connectivity index (χ1v) is 14.7. The first-order chi connectivity index (χ1) is 16.0. The molecule has 4 aromatic rings. The van der Waals surface area contributed by atoms with Crippen LogP contribution < -0.4 is 4.74 Å². The second-order valence-corrected chi connectivity index (χ2v) is 12.6. The fourth-order valence-corrected chi connectivity index (χ4v) is 7.24.